The summed E-state index contributed by atoms with van der Waals surface area (Å²) in [5, 5.41) is 12.9. The average molecular weight is 611 g/mol. The van der Waals surface area contributed by atoms with Gasteiger partial charge in [0, 0.05) is 0 Å². The van der Waals surface area contributed by atoms with Gasteiger partial charge in [0.25, 0.3) is 5.91 Å². The molecule has 0 bridgehead atoms. The van der Waals surface area contributed by atoms with E-state index in [9.17, 15) is 24.1 Å². The second-order valence-corrected chi connectivity index (χ2v) is 12.4. The number of rotatable bonds is 16. The Morgan fingerprint density at radius 3 is 2.40 bits per heavy atom. The fourth-order valence-electron chi connectivity index (χ4n) is 3.85. The summed E-state index contributed by atoms with van der Waals surface area (Å²) in [5.41, 5.74) is 4.93. The van der Waals surface area contributed by atoms with E-state index in [4.69, 9.17) is 29.0 Å². The molecule has 1 unspecified atom stereocenters. The van der Waals surface area contributed by atoms with Gasteiger partial charge in [-0.3, -0.25) is 23.5 Å². The first-order chi connectivity index (χ1) is 19.9. The molecule has 1 amide bonds. The number of primary amides is 1. The topological polar surface area (TPSA) is 191 Å². The molecule has 1 fully saturated rings. The molecule has 1 aliphatic rings. The van der Waals surface area contributed by atoms with Crippen molar-refractivity contribution in [1.29, 1.82) is 0 Å². The lowest BCUT2D eigenvalue weighted by molar-refractivity contribution is -0.153. The normalized spacial score (nSPS) is 18.9. The summed E-state index contributed by atoms with van der Waals surface area (Å²) in [6, 6.07) is 6.79. The summed E-state index contributed by atoms with van der Waals surface area (Å²) in [7, 11) is -4.32. The van der Waals surface area contributed by atoms with Crippen LogP contribution >= 0.6 is 7.75 Å². The first-order valence-electron chi connectivity index (χ1n) is 13.7. The summed E-state index contributed by atoms with van der Waals surface area (Å²) in [6.07, 6.45) is 0.321. The number of aromatic nitrogens is 2. The molecule has 14 nitrogen and oxygen atoms in total. The van der Waals surface area contributed by atoms with Gasteiger partial charge >= 0.3 is 19.7 Å². The molecule has 1 saturated heterocycles. The third-order valence-corrected chi connectivity index (χ3v) is 7.47. The van der Waals surface area contributed by atoms with Crippen molar-refractivity contribution < 1.29 is 47.3 Å². The van der Waals surface area contributed by atoms with Crippen LogP contribution in [0.2, 0.25) is 0 Å². The third kappa shape index (κ3) is 9.83. The number of nitrogens with two attached hydrogens (primary N) is 1. The van der Waals surface area contributed by atoms with Gasteiger partial charge in [-0.1, -0.05) is 45.9 Å². The predicted molar refractivity (Wildman–Crippen MR) is 149 cm³/mol. The number of nitrogens with zero attached hydrogens (tertiary/aromatic N) is 2. The molecule has 4 N–H and O–H groups in total. The number of amides is 1. The van der Waals surface area contributed by atoms with Crippen molar-refractivity contribution in [1.82, 2.24) is 14.6 Å². The first-order valence-corrected chi connectivity index (χ1v) is 15.2. The number of carbonyl (C=O) groups excluding carboxylic acids is 3. The van der Waals surface area contributed by atoms with E-state index in [0.29, 0.717) is 12.8 Å². The Kier molecular flexibility index (Phi) is 11.9. The smallest absolute Gasteiger partial charge is 0.459 e. The van der Waals surface area contributed by atoms with Crippen molar-refractivity contribution in [2.75, 3.05) is 19.8 Å². The molecule has 0 saturated carbocycles. The van der Waals surface area contributed by atoms with Crippen LogP contribution in [0, 0.1) is 11.8 Å². The van der Waals surface area contributed by atoms with Crippen LogP contribution in [0.5, 0.6) is 11.6 Å². The summed E-state index contributed by atoms with van der Waals surface area (Å²) < 4.78 is 43.2. The van der Waals surface area contributed by atoms with E-state index in [2.05, 4.69) is 10.1 Å². The lowest BCUT2D eigenvalue weighted by Crippen LogP contribution is -2.40. The average Bonchev–Trinajstić information content (AvgIpc) is 3.56. The van der Waals surface area contributed by atoms with Crippen LogP contribution in [0.1, 0.15) is 63.7 Å². The van der Waals surface area contributed by atoms with Crippen LogP contribution in [0.25, 0.3) is 0 Å². The molecular weight excluding hydrogens is 571 g/mol. The highest BCUT2D eigenvalue weighted by molar-refractivity contribution is 7.52. The van der Waals surface area contributed by atoms with E-state index in [1.54, 1.807) is 30.3 Å². The maximum atomic E-state index is 14.0. The lowest BCUT2D eigenvalue weighted by Gasteiger charge is -2.25. The molecule has 4 atom stereocenters. The van der Waals surface area contributed by atoms with Gasteiger partial charge in [0.1, 0.15) is 24.3 Å². The van der Waals surface area contributed by atoms with Crippen molar-refractivity contribution in [3.8, 4) is 11.6 Å². The van der Waals surface area contributed by atoms with Gasteiger partial charge < -0.3 is 29.6 Å². The zero-order valence-electron chi connectivity index (χ0n) is 24.1. The number of imidazole rings is 1. The molecule has 1 aromatic heterocycles. The summed E-state index contributed by atoms with van der Waals surface area (Å²) >= 11 is 0. The SMILES string of the molecule is CC(C)COC(=O)C[C@H](NP(=O)(OC[C@@H]1CC[C@H](n2cnc(C(N)=O)c2O)O1)Oc1ccccc1)C(=O)OCC(C)C. The molecule has 1 aromatic carbocycles. The first kappa shape index (κ1) is 33.1. The Balaban J connectivity index is 1.75. The highest BCUT2D eigenvalue weighted by Crippen LogP contribution is 2.46. The van der Waals surface area contributed by atoms with Gasteiger partial charge in [0.05, 0.1) is 32.3 Å². The Hall–Kier alpha value is -3.45. The van der Waals surface area contributed by atoms with E-state index in [1.165, 1.54) is 10.9 Å². The van der Waals surface area contributed by atoms with E-state index in [-0.39, 0.29) is 43.1 Å². The van der Waals surface area contributed by atoms with Crippen LogP contribution < -0.4 is 15.3 Å². The number of para-hydroxylation sites is 1. The standard InChI is InChI=1S/C27H39N4O10P/c1-17(2)13-37-23(32)12-21(27(35)38-14-18(3)4)30-42(36,41-19-8-6-5-7-9-19)39-15-20-10-11-22(40-20)31-16-29-24(25(28)33)26(31)34/h5-9,16-18,20-22,34H,10-15H2,1-4H3,(H2,28,33)(H,30,36)/t20-,21-,22+,42?/m0/s1. The fourth-order valence-corrected chi connectivity index (χ4v) is 5.37. The van der Waals surface area contributed by atoms with Crippen LogP contribution in [0.4, 0.5) is 0 Å². The monoisotopic (exact) mass is 610 g/mol. The van der Waals surface area contributed by atoms with Crippen molar-refractivity contribution in [2.24, 2.45) is 17.6 Å². The van der Waals surface area contributed by atoms with E-state index in [0.717, 1.165) is 0 Å². The number of aromatic hydroxyl groups is 1. The fraction of sp³-hybridized carbons (Fsp3) is 0.556. The van der Waals surface area contributed by atoms with Gasteiger partial charge in [-0.15, -0.1) is 0 Å². The number of carbonyl (C=O) groups is 3. The summed E-state index contributed by atoms with van der Waals surface area (Å²) in [6.45, 7) is 7.44. The molecule has 0 spiro atoms. The highest BCUT2D eigenvalue weighted by atomic mass is 31.2. The van der Waals surface area contributed by atoms with Gasteiger partial charge in [-0.05, 0) is 36.8 Å². The van der Waals surface area contributed by atoms with Crippen LogP contribution in [0.15, 0.2) is 36.7 Å². The summed E-state index contributed by atoms with van der Waals surface area (Å²) in [4.78, 5) is 40.8. The minimum Gasteiger partial charge on any atom is -0.493 e. The van der Waals surface area contributed by atoms with Crippen molar-refractivity contribution in [2.45, 2.75) is 65.3 Å². The largest absolute Gasteiger partial charge is 0.493 e. The number of benzene rings is 1. The molecule has 232 valence electrons. The highest BCUT2D eigenvalue weighted by Gasteiger charge is 2.38. The number of ether oxygens (including phenoxy) is 3. The van der Waals surface area contributed by atoms with E-state index in [1.807, 2.05) is 27.7 Å². The minimum absolute atomic E-state index is 0.0209. The van der Waals surface area contributed by atoms with Crippen LogP contribution in [-0.2, 0) is 32.9 Å². The Morgan fingerprint density at radius 2 is 1.79 bits per heavy atom. The second-order valence-electron chi connectivity index (χ2n) is 10.7. The molecule has 15 heteroatoms. The quantitative estimate of drug-likeness (QED) is 0.186. The molecule has 2 heterocycles. The number of esters is 2. The van der Waals surface area contributed by atoms with Crippen LogP contribution in [-0.4, -0.2) is 64.5 Å². The third-order valence-electron chi connectivity index (χ3n) is 5.90. The zero-order valence-corrected chi connectivity index (χ0v) is 25.0. The summed E-state index contributed by atoms with van der Waals surface area (Å²) in [5.74, 6) is -2.53. The van der Waals surface area contributed by atoms with Gasteiger partial charge in [0.2, 0.25) is 5.88 Å². The predicted octanol–water partition coefficient (Wildman–Crippen LogP) is 3.32. The van der Waals surface area contributed by atoms with E-state index < -0.39 is 56.3 Å². The van der Waals surface area contributed by atoms with Crippen molar-refractivity contribution >= 4 is 25.6 Å². The molecule has 42 heavy (non-hydrogen) atoms. The Bertz CT molecular complexity index is 1250. The molecule has 1 aliphatic heterocycles. The molecule has 0 radical (unpaired) electrons. The number of hydrogen-bond donors (Lipinski definition) is 3. The van der Waals surface area contributed by atoms with Gasteiger partial charge in [-0.25, -0.2) is 9.55 Å². The molecule has 0 aliphatic carbocycles. The molecule has 2 aromatic rings. The number of nitrogens with one attached hydrogen (secondary N) is 1. The maximum absolute atomic E-state index is 14.0. The lowest BCUT2D eigenvalue weighted by atomic mass is 10.2. The molecular formula is C27H39N4O10P. The molecule has 3 rings (SSSR count). The minimum atomic E-state index is -4.32. The number of hydrogen-bond acceptors (Lipinski definition) is 11. The van der Waals surface area contributed by atoms with E-state index >= 15 is 0 Å². The van der Waals surface area contributed by atoms with Gasteiger partial charge in [-0.2, -0.15) is 5.09 Å². The maximum Gasteiger partial charge on any atom is 0.459 e. The van der Waals surface area contributed by atoms with Crippen molar-refractivity contribution in [3.63, 3.8) is 0 Å². The van der Waals surface area contributed by atoms with Crippen LogP contribution in [0.3, 0.4) is 0 Å². The van der Waals surface area contributed by atoms with Crippen molar-refractivity contribution in [3.05, 3.63) is 42.4 Å². The Labute approximate surface area is 244 Å². The Morgan fingerprint density at radius 1 is 1.12 bits per heavy atom. The zero-order chi connectivity index (χ0) is 30.9. The second kappa shape index (κ2) is 15.1. The van der Waals surface area contributed by atoms with Gasteiger partial charge in [0.15, 0.2) is 5.69 Å².